The first-order valence-corrected chi connectivity index (χ1v) is 15.0. The van der Waals surface area contributed by atoms with Crippen molar-refractivity contribution in [2.75, 3.05) is 18.5 Å². The second kappa shape index (κ2) is 15.8. The Hall–Kier alpha value is -4.89. The van der Waals surface area contributed by atoms with Gasteiger partial charge in [0.15, 0.2) is 0 Å². The molecule has 0 bridgehead atoms. The van der Waals surface area contributed by atoms with E-state index >= 15 is 0 Å². The van der Waals surface area contributed by atoms with Crippen molar-refractivity contribution >= 4 is 49.0 Å². The fourth-order valence-corrected chi connectivity index (χ4v) is 4.27. The number of rotatable bonds is 12. The normalized spacial score (nSPS) is 13.2. The lowest BCUT2D eigenvalue weighted by Crippen LogP contribution is -2.43. The quantitative estimate of drug-likeness (QED) is 0.158. The maximum Gasteiger partial charge on any atom is 0.407 e. The van der Waals surface area contributed by atoms with Crippen molar-refractivity contribution in [3.8, 4) is 5.75 Å². The molecule has 2 heterocycles. The molecule has 4 rings (SSSR count). The SMILES string of the molecule is CC(C)(C)OC(=O)NCCCn1cc(NC(=O)c2ccc(OC[C@H](ON3C(=O)c4ccccc4C3=O)C(=O)OC(C)(C)C)cc2)cn1.S. The van der Waals surface area contributed by atoms with Gasteiger partial charge in [-0.2, -0.15) is 18.6 Å². The lowest BCUT2D eigenvalue weighted by molar-refractivity contribution is -0.193. The van der Waals surface area contributed by atoms with Crippen LogP contribution in [0, 0.1) is 0 Å². The zero-order valence-electron chi connectivity index (χ0n) is 27.7. The number of imide groups is 1. The summed E-state index contributed by atoms with van der Waals surface area (Å²) in [7, 11) is 0. The maximum atomic E-state index is 13.0. The second-order valence-electron chi connectivity index (χ2n) is 12.6. The maximum absolute atomic E-state index is 13.0. The van der Waals surface area contributed by atoms with Gasteiger partial charge in [-0.3, -0.25) is 19.1 Å². The molecule has 0 fully saturated rings. The molecule has 3 aromatic rings. The minimum atomic E-state index is -1.45. The predicted octanol–water partition coefficient (Wildman–Crippen LogP) is 4.48. The summed E-state index contributed by atoms with van der Waals surface area (Å²) < 4.78 is 18.0. The first-order valence-electron chi connectivity index (χ1n) is 15.0. The van der Waals surface area contributed by atoms with E-state index in [4.69, 9.17) is 19.0 Å². The van der Waals surface area contributed by atoms with E-state index in [-0.39, 0.29) is 37.1 Å². The van der Waals surface area contributed by atoms with E-state index in [1.165, 1.54) is 42.6 Å². The third-order valence-corrected chi connectivity index (χ3v) is 6.30. The van der Waals surface area contributed by atoms with Crippen molar-refractivity contribution in [2.45, 2.75) is 71.8 Å². The van der Waals surface area contributed by atoms with Gasteiger partial charge in [0.1, 0.15) is 23.6 Å². The summed E-state index contributed by atoms with van der Waals surface area (Å²) in [5, 5.41) is 10.2. The van der Waals surface area contributed by atoms with E-state index in [9.17, 15) is 24.0 Å². The number of alkyl carbamates (subject to hydrolysis) is 1. The van der Waals surface area contributed by atoms with Gasteiger partial charge in [0.05, 0.1) is 23.0 Å². The van der Waals surface area contributed by atoms with Gasteiger partial charge in [0, 0.05) is 24.8 Å². The molecule has 14 nitrogen and oxygen atoms in total. The van der Waals surface area contributed by atoms with Crippen molar-refractivity contribution < 1.29 is 43.0 Å². The number of carbonyl (C=O) groups excluding carboxylic acids is 5. The van der Waals surface area contributed by atoms with Crippen LogP contribution in [0.5, 0.6) is 5.75 Å². The van der Waals surface area contributed by atoms with Gasteiger partial charge in [0.25, 0.3) is 17.7 Å². The predicted molar refractivity (Wildman–Crippen MR) is 179 cm³/mol. The van der Waals surface area contributed by atoms with Crippen LogP contribution in [0.1, 0.15) is 79.0 Å². The van der Waals surface area contributed by atoms with Crippen LogP contribution in [-0.4, -0.2) is 75.1 Å². The van der Waals surface area contributed by atoms with E-state index in [2.05, 4.69) is 15.7 Å². The van der Waals surface area contributed by atoms with Gasteiger partial charge in [-0.25, -0.2) is 14.4 Å². The molecule has 258 valence electrons. The number of ether oxygens (including phenoxy) is 3. The molecule has 0 unspecified atom stereocenters. The number of hydrogen-bond acceptors (Lipinski definition) is 10. The van der Waals surface area contributed by atoms with E-state index in [0.29, 0.717) is 41.6 Å². The molecule has 2 aromatic carbocycles. The van der Waals surface area contributed by atoms with Crippen molar-refractivity contribution in [1.82, 2.24) is 20.2 Å². The number of nitrogens with one attached hydrogen (secondary N) is 2. The average molecular weight is 684 g/mol. The first kappa shape index (κ1) is 37.6. The fourth-order valence-electron chi connectivity index (χ4n) is 4.27. The third-order valence-electron chi connectivity index (χ3n) is 6.30. The number of hydrogen-bond donors (Lipinski definition) is 2. The molecular formula is C33H41N5O9S. The standard InChI is InChI=1S/C33H39N5O9.H2S/c1-32(2,3)45-30(42)26(47-38-28(40)24-10-7-8-11-25(24)29(38)41)20-44-23-14-12-21(13-15-23)27(39)36-22-18-35-37(19-22)17-9-16-34-31(43)46-33(4,5)6;/h7-8,10-15,18-19,26H,9,16-17,20H2,1-6H3,(H,34,43)(H,36,39);1H2/t26-;/m0./s1. The van der Waals surface area contributed by atoms with Gasteiger partial charge >= 0.3 is 12.1 Å². The van der Waals surface area contributed by atoms with Crippen LogP contribution in [0.15, 0.2) is 60.9 Å². The smallest absolute Gasteiger partial charge is 0.407 e. The van der Waals surface area contributed by atoms with E-state index < -0.39 is 41.2 Å². The van der Waals surface area contributed by atoms with E-state index in [1.54, 1.807) is 64.6 Å². The van der Waals surface area contributed by atoms with Crippen LogP contribution in [-0.2, 0) is 25.7 Å². The lowest BCUT2D eigenvalue weighted by Gasteiger charge is -2.26. The Kier molecular flexibility index (Phi) is 12.4. The summed E-state index contributed by atoms with van der Waals surface area (Å²) >= 11 is 0. The number of nitrogens with zero attached hydrogens (tertiary/aromatic N) is 3. The Labute approximate surface area is 285 Å². The molecule has 4 amide bonds. The molecule has 0 spiro atoms. The number of anilines is 1. The molecule has 48 heavy (non-hydrogen) atoms. The van der Waals surface area contributed by atoms with Crippen molar-refractivity contribution in [3.63, 3.8) is 0 Å². The lowest BCUT2D eigenvalue weighted by atomic mass is 10.1. The van der Waals surface area contributed by atoms with E-state index in [0.717, 1.165) is 0 Å². The number of aromatic nitrogens is 2. The summed E-state index contributed by atoms with van der Waals surface area (Å²) in [5.41, 5.74) is -0.298. The Bertz CT molecular complexity index is 1590. The minimum Gasteiger partial charge on any atom is -0.490 e. The first-order chi connectivity index (χ1) is 22.1. The summed E-state index contributed by atoms with van der Waals surface area (Å²) in [6.45, 7) is 10.9. The number of amides is 4. The third kappa shape index (κ3) is 10.6. The number of esters is 1. The van der Waals surface area contributed by atoms with Crippen LogP contribution in [0.4, 0.5) is 10.5 Å². The second-order valence-corrected chi connectivity index (χ2v) is 12.6. The number of carbonyl (C=O) groups is 5. The van der Waals surface area contributed by atoms with Crippen LogP contribution in [0.2, 0.25) is 0 Å². The summed E-state index contributed by atoms with van der Waals surface area (Å²) in [4.78, 5) is 68.7. The minimum absolute atomic E-state index is 0. The zero-order chi connectivity index (χ0) is 34.4. The fraction of sp³-hybridized carbons (Fsp3) is 0.394. The van der Waals surface area contributed by atoms with Gasteiger partial charge in [-0.05, 0) is 84.4 Å². The highest BCUT2D eigenvalue weighted by Gasteiger charge is 2.40. The highest BCUT2D eigenvalue weighted by atomic mass is 32.1. The Morgan fingerprint density at radius 2 is 1.48 bits per heavy atom. The molecule has 1 aliphatic rings. The van der Waals surface area contributed by atoms with Gasteiger partial charge in [0.2, 0.25) is 6.10 Å². The Balaban J connectivity index is 0.00000625. The van der Waals surface area contributed by atoms with Crippen LogP contribution in [0.25, 0.3) is 0 Å². The van der Waals surface area contributed by atoms with Crippen molar-refractivity contribution in [2.24, 2.45) is 0 Å². The van der Waals surface area contributed by atoms with Gasteiger partial charge in [-0.1, -0.05) is 12.1 Å². The van der Waals surface area contributed by atoms with Crippen LogP contribution < -0.4 is 15.4 Å². The number of benzene rings is 2. The molecule has 0 aliphatic carbocycles. The molecular weight excluding hydrogens is 642 g/mol. The van der Waals surface area contributed by atoms with Crippen LogP contribution in [0.3, 0.4) is 0 Å². The molecule has 1 atom stereocenters. The van der Waals surface area contributed by atoms with E-state index in [1.807, 2.05) is 0 Å². The van der Waals surface area contributed by atoms with Gasteiger partial charge < -0.3 is 24.8 Å². The Morgan fingerprint density at radius 3 is 2.06 bits per heavy atom. The number of fused-ring (bicyclic) bond motifs is 1. The molecule has 2 N–H and O–H groups in total. The molecule has 15 heteroatoms. The monoisotopic (exact) mass is 683 g/mol. The summed E-state index contributed by atoms with van der Waals surface area (Å²) in [6, 6.07) is 12.4. The molecule has 0 radical (unpaired) electrons. The molecule has 0 saturated heterocycles. The van der Waals surface area contributed by atoms with Crippen molar-refractivity contribution in [1.29, 1.82) is 0 Å². The number of hydroxylamine groups is 2. The molecule has 1 aromatic heterocycles. The summed E-state index contributed by atoms with van der Waals surface area (Å²) in [5.74, 6) is -2.31. The largest absolute Gasteiger partial charge is 0.490 e. The Morgan fingerprint density at radius 1 is 0.875 bits per heavy atom. The highest BCUT2D eigenvalue weighted by molar-refractivity contribution is 7.59. The molecule has 0 saturated carbocycles. The molecule has 1 aliphatic heterocycles. The van der Waals surface area contributed by atoms with Gasteiger partial charge in [-0.15, -0.1) is 5.06 Å². The zero-order valence-corrected chi connectivity index (χ0v) is 28.7. The number of aryl methyl sites for hydroxylation is 1. The van der Waals surface area contributed by atoms with Crippen molar-refractivity contribution in [3.05, 3.63) is 77.6 Å². The topological polar surface area (TPSA) is 167 Å². The average Bonchev–Trinajstić information content (AvgIpc) is 3.53. The highest BCUT2D eigenvalue weighted by Crippen LogP contribution is 2.25. The summed E-state index contributed by atoms with van der Waals surface area (Å²) in [6.07, 6.45) is 1.85. The van der Waals surface area contributed by atoms with Crippen LogP contribution >= 0.6 is 13.5 Å².